The Balaban J connectivity index is 1.78. The fraction of sp³-hybridized carbons (Fsp3) is 0.227. The van der Waals surface area contributed by atoms with Crippen LogP contribution in [0.1, 0.15) is 45.6 Å². The zero-order chi connectivity index (χ0) is 22.6. The Morgan fingerprint density at radius 1 is 1.19 bits per heavy atom. The molecule has 0 saturated heterocycles. The number of aliphatic hydroxyl groups is 1. The van der Waals surface area contributed by atoms with Gasteiger partial charge in [0.15, 0.2) is 0 Å². The molecule has 1 amide bonds. The average molecular weight is 450 g/mol. The summed E-state index contributed by atoms with van der Waals surface area (Å²) in [5, 5.41) is 12.2. The number of halogens is 4. The second-order valence-electron chi connectivity index (χ2n) is 7.09. The van der Waals surface area contributed by atoms with Crippen LogP contribution >= 0.6 is 11.6 Å². The van der Waals surface area contributed by atoms with Crippen LogP contribution in [0, 0.1) is 0 Å². The van der Waals surface area contributed by atoms with Gasteiger partial charge >= 0.3 is 6.18 Å². The number of nitrogens with zero attached hydrogens (tertiary/aromatic N) is 2. The lowest BCUT2D eigenvalue weighted by atomic mass is 9.96. The summed E-state index contributed by atoms with van der Waals surface area (Å²) in [4.78, 5) is 20.8. The number of anilines is 1. The van der Waals surface area contributed by atoms with E-state index < -0.39 is 24.3 Å². The van der Waals surface area contributed by atoms with Crippen LogP contribution in [0.15, 0.2) is 54.9 Å². The van der Waals surface area contributed by atoms with Gasteiger partial charge in [-0.1, -0.05) is 30.7 Å². The Morgan fingerprint density at radius 3 is 2.65 bits per heavy atom. The highest BCUT2D eigenvalue weighted by Crippen LogP contribution is 2.31. The third kappa shape index (κ3) is 6.02. The summed E-state index contributed by atoms with van der Waals surface area (Å²) in [6, 6.07) is 9.84. The maximum atomic E-state index is 13.1. The number of aromatic nitrogens is 2. The van der Waals surface area contributed by atoms with Crippen LogP contribution in [0.3, 0.4) is 0 Å². The Kier molecular flexibility index (Phi) is 6.92. The minimum atomic E-state index is -4.63. The van der Waals surface area contributed by atoms with Gasteiger partial charge in [-0.05, 0) is 53.8 Å². The molecule has 0 aliphatic heterocycles. The molecular formula is C22H19ClF3N3O2. The number of aliphatic hydroxyl groups excluding tert-OH is 1. The molecule has 9 heteroatoms. The van der Waals surface area contributed by atoms with Crippen molar-refractivity contribution in [1.82, 2.24) is 9.97 Å². The van der Waals surface area contributed by atoms with Crippen LogP contribution in [0.4, 0.5) is 18.9 Å². The number of rotatable bonds is 6. The maximum absolute atomic E-state index is 13.1. The number of amides is 1. The Bertz CT molecular complexity index is 1090. The number of carbonyl (C=O) groups excluding carboxylic acids is 1. The number of nitrogens with one attached hydrogen (secondary N) is 1. The lowest BCUT2D eigenvalue weighted by Crippen LogP contribution is -2.15. The van der Waals surface area contributed by atoms with Crippen LogP contribution in [-0.4, -0.2) is 21.0 Å². The quantitative estimate of drug-likeness (QED) is 0.539. The first kappa shape index (κ1) is 22.7. The highest BCUT2D eigenvalue weighted by atomic mass is 35.5. The fourth-order valence-electron chi connectivity index (χ4n) is 3.11. The van der Waals surface area contributed by atoms with Crippen molar-refractivity contribution in [1.29, 1.82) is 0 Å². The predicted molar refractivity (Wildman–Crippen MR) is 111 cm³/mol. The van der Waals surface area contributed by atoms with Gasteiger partial charge in [-0.15, -0.1) is 0 Å². The van der Waals surface area contributed by atoms with E-state index in [1.807, 2.05) is 13.0 Å². The number of hydrogen-bond donors (Lipinski definition) is 2. The molecule has 31 heavy (non-hydrogen) atoms. The summed E-state index contributed by atoms with van der Waals surface area (Å²) in [5.74, 6) is -0.675. The van der Waals surface area contributed by atoms with Gasteiger partial charge in [0.1, 0.15) is 5.15 Å². The molecule has 0 unspecified atom stereocenters. The summed E-state index contributed by atoms with van der Waals surface area (Å²) in [7, 11) is 0. The molecule has 1 aromatic heterocycles. The molecule has 0 aliphatic carbocycles. The molecule has 1 atom stereocenters. The molecule has 0 bridgehead atoms. The largest absolute Gasteiger partial charge is 0.416 e. The normalized spacial score (nSPS) is 12.5. The molecule has 1 heterocycles. The highest BCUT2D eigenvalue weighted by molar-refractivity contribution is 6.29. The lowest BCUT2D eigenvalue weighted by molar-refractivity contribution is -0.137. The van der Waals surface area contributed by atoms with Crippen molar-refractivity contribution in [3.8, 4) is 0 Å². The van der Waals surface area contributed by atoms with Gasteiger partial charge in [-0.3, -0.25) is 9.78 Å². The summed E-state index contributed by atoms with van der Waals surface area (Å²) in [6.45, 7) is 1.37. The van der Waals surface area contributed by atoms with Crippen molar-refractivity contribution in [2.45, 2.75) is 32.0 Å². The molecule has 3 aromatic rings. The highest BCUT2D eigenvalue weighted by Gasteiger charge is 2.31. The van der Waals surface area contributed by atoms with Crippen molar-refractivity contribution >= 4 is 23.2 Å². The second kappa shape index (κ2) is 9.45. The summed E-state index contributed by atoms with van der Waals surface area (Å²) < 4.78 is 39.3. The van der Waals surface area contributed by atoms with Gasteiger partial charge in [0, 0.05) is 17.4 Å². The minimum Gasteiger partial charge on any atom is -0.392 e. The van der Waals surface area contributed by atoms with Crippen LogP contribution in [0.25, 0.3) is 0 Å². The van der Waals surface area contributed by atoms with Crippen molar-refractivity contribution in [3.05, 3.63) is 88.0 Å². The van der Waals surface area contributed by atoms with Gasteiger partial charge in [0.05, 0.1) is 24.1 Å². The monoisotopic (exact) mass is 449 g/mol. The first-order chi connectivity index (χ1) is 14.7. The van der Waals surface area contributed by atoms with E-state index in [0.717, 1.165) is 23.4 Å². The SMILES string of the molecule is C[C@H](Cc1cncc(Cl)n1)c1cccc(NC(=O)c2cc(CO)cc(C(F)(F)F)c2)c1. The van der Waals surface area contributed by atoms with E-state index in [0.29, 0.717) is 17.3 Å². The molecular weight excluding hydrogens is 431 g/mol. The van der Waals surface area contributed by atoms with E-state index >= 15 is 0 Å². The van der Waals surface area contributed by atoms with Crippen LogP contribution in [0.2, 0.25) is 5.15 Å². The predicted octanol–water partition coefficient (Wildman–Crippen LogP) is 5.24. The zero-order valence-electron chi connectivity index (χ0n) is 16.4. The first-order valence-corrected chi connectivity index (χ1v) is 9.73. The minimum absolute atomic E-state index is 0.00461. The Labute approximate surface area is 181 Å². The maximum Gasteiger partial charge on any atom is 0.416 e. The molecule has 2 aromatic carbocycles. The number of benzene rings is 2. The van der Waals surface area contributed by atoms with Crippen molar-refractivity contribution in [2.24, 2.45) is 0 Å². The molecule has 0 aliphatic rings. The number of alkyl halides is 3. The van der Waals surface area contributed by atoms with E-state index in [1.165, 1.54) is 12.3 Å². The van der Waals surface area contributed by atoms with Crippen molar-refractivity contribution < 1.29 is 23.1 Å². The van der Waals surface area contributed by atoms with Crippen molar-refractivity contribution in [3.63, 3.8) is 0 Å². The van der Waals surface area contributed by atoms with E-state index in [1.54, 1.807) is 24.4 Å². The van der Waals surface area contributed by atoms with Crippen LogP contribution < -0.4 is 5.32 Å². The molecule has 5 nitrogen and oxygen atoms in total. The lowest BCUT2D eigenvalue weighted by Gasteiger charge is -2.14. The fourth-order valence-corrected chi connectivity index (χ4v) is 3.28. The second-order valence-corrected chi connectivity index (χ2v) is 7.48. The molecule has 0 fully saturated rings. The smallest absolute Gasteiger partial charge is 0.392 e. The van der Waals surface area contributed by atoms with E-state index in [2.05, 4.69) is 15.3 Å². The molecule has 3 rings (SSSR count). The van der Waals surface area contributed by atoms with Gasteiger partial charge < -0.3 is 10.4 Å². The molecule has 0 radical (unpaired) electrons. The van der Waals surface area contributed by atoms with Gasteiger partial charge in [-0.25, -0.2) is 4.98 Å². The van der Waals surface area contributed by atoms with Gasteiger partial charge in [0.2, 0.25) is 0 Å². The van der Waals surface area contributed by atoms with Gasteiger partial charge in [-0.2, -0.15) is 13.2 Å². The van der Waals surface area contributed by atoms with Crippen LogP contribution in [0.5, 0.6) is 0 Å². The number of carbonyl (C=O) groups is 1. The van der Waals surface area contributed by atoms with E-state index in [4.69, 9.17) is 11.6 Å². The summed E-state index contributed by atoms with van der Waals surface area (Å²) >= 11 is 5.87. The third-order valence-corrected chi connectivity index (χ3v) is 4.83. The summed E-state index contributed by atoms with van der Waals surface area (Å²) in [6.07, 6.45) is -0.987. The molecule has 2 N–H and O–H groups in total. The molecule has 162 valence electrons. The zero-order valence-corrected chi connectivity index (χ0v) is 17.2. The average Bonchev–Trinajstić information content (AvgIpc) is 2.73. The first-order valence-electron chi connectivity index (χ1n) is 9.35. The Hall–Kier alpha value is -2.97. The van der Waals surface area contributed by atoms with Gasteiger partial charge in [0.25, 0.3) is 5.91 Å². The Morgan fingerprint density at radius 2 is 1.97 bits per heavy atom. The standard InChI is InChI=1S/C22H19ClF3N3O2/c1-13(5-19-10-27-11-20(23)28-19)15-3-2-4-18(9-15)29-21(31)16-6-14(12-30)7-17(8-16)22(24,25)26/h2-4,6-11,13,30H,5,12H2,1H3,(H,29,31)/t13-/m1/s1. The molecule has 0 saturated carbocycles. The van der Waals surface area contributed by atoms with E-state index in [-0.39, 0.29) is 17.0 Å². The molecule has 0 spiro atoms. The topological polar surface area (TPSA) is 75.1 Å². The van der Waals surface area contributed by atoms with Crippen LogP contribution in [-0.2, 0) is 19.2 Å². The third-order valence-electron chi connectivity index (χ3n) is 4.65. The summed E-state index contributed by atoms with van der Waals surface area (Å²) in [5.41, 5.74) is 0.884. The van der Waals surface area contributed by atoms with E-state index in [9.17, 15) is 23.1 Å². The number of hydrogen-bond acceptors (Lipinski definition) is 4. The van der Waals surface area contributed by atoms with Crippen molar-refractivity contribution in [2.75, 3.05) is 5.32 Å².